The van der Waals surface area contributed by atoms with Crippen molar-refractivity contribution in [2.45, 2.75) is 33.7 Å². The molecule has 17 heavy (non-hydrogen) atoms. The predicted octanol–water partition coefficient (Wildman–Crippen LogP) is 2.97. The molecule has 2 aromatic rings. The molecule has 0 fully saturated rings. The molecule has 1 N–H and O–H groups in total. The second kappa shape index (κ2) is 4.49. The first-order valence-electron chi connectivity index (χ1n) is 5.67. The highest BCUT2D eigenvalue weighted by molar-refractivity contribution is 7.09. The Morgan fingerprint density at radius 3 is 2.53 bits per heavy atom. The van der Waals surface area contributed by atoms with Crippen LogP contribution in [0.4, 0.5) is 5.69 Å². The van der Waals surface area contributed by atoms with Gasteiger partial charge in [-0.3, -0.25) is 4.68 Å². The highest BCUT2D eigenvalue weighted by atomic mass is 32.1. The molecule has 1 atom stereocenters. The molecule has 2 rings (SSSR count). The van der Waals surface area contributed by atoms with Gasteiger partial charge in [0.2, 0.25) is 0 Å². The number of aryl methyl sites for hydroxylation is 3. The topological polar surface area (TPSA) is 42.7 Å². The van der Waals surface area contributed by atoms with Crippen molar-refractivity contribution in [1.82, 2.24) is 14.8 Å². The third-order valence-corrected chi connectivity index (χ3v) is 3.74. The summed E-state index contributed by atoms with van der Waals surface area (Å²) in [4.78, 5) is 4.50. The Labute approximate surface area is 106 Å². The van der Waals surface area contributed by atoms with Gasteiger partial charge in [0.25, 0.3) is 0 Å². The molecule has 4 nitrogen and oxygen atoms in total. The zero-order valence-electron chi connectivity index (χ0n) is 10.9. The highest BCUT2D eigenvalue weighted by Crippen LogP contribution is 2.25. The number of anilines is 1. The summed E-state index contributed by atoms with van der Waals surface area (Å²) in [6.45, 7) is 8.25. The summed E-state index contributed by atoms with van der Waals surface area (Å²) in [5.41, 5.74) is 4.39. The van der Waals surface area contributed by atoms with Crippen molar-refractivity contribution in [2.75, 3.05) is 5.32 Å². The van der Waals surface area contributed by atoms with E-state index in [1.54, 1.807) is 11.3 Å². The van der Waals surface area contributed by atoms with Gasteiger partial charge in [0, 0.05) is 12.4 Å². The number of aromatic nitrogens is 3. The molecule has 0 bridgehead atoms. The first-order valence-corrected chi connectivity index (χ1v) is 6.55. The molecule has 0 saturated heterocycles. The molecule has 0 amide bonds. The Kier molecular flexibility index (Phi) is 3.19. The minimum absolute atomic E-state index is 0.210. The van der Waals surface area contributed by atoms with Gasteiger partial charge in [-0.1, -0.05) is 0 Å². The van der Waals surface area contributed by atoms with Crippen LogP contribution in [0.25, 0.3) is 0 Å². The largest absolute Gasteiger partial charge is 0.374 e. The molecule has 0 spiro atoms. The zero-order chi connectivity index (χ0) is 12.6. The molecular weight excluding hydrogens is 232 g/mol. The van der Waals surface area contributed by atoms with Crippen molar-refractivity contribution in [2.24, 2.45) is 7.05 Å². The van der Waals surface area contributed by atoms with Gasteiger partial charge < -0.3 is 5.32 Å². The quantitative estimate of drug-likeness (QED) is 0.910. The van der Waals surface area contributed by atoms with Gasteiger partial charge in [0.1, 0.15) is 0 Å². The van der Waals surface area contributed by atoms with Crippen molar-refractivity contribution in [3.8, 4) is 0 Å². The molecule has 0 aliphatic rings. The molecule has 92 valence electrons. The molecule has 0 aromatic carbocycles. The monoisotopic (exact) mass is 250 g/mol. The van der Waals surface area contributed by atoms with Crippen molar-refractivity contribution in [3.05, 3.63) is 27.5 Å². The summed E-state index contributed by atoms with van der Waals surface area (Å²) < 4.78 is 1.90. The first-order chi connectivity index (χ1) is 7.99. The average Bonchev–Trinajstić information content (AvgIpc) is 2.79. The van der Waals surface area contributed by atoms with E-state index in [4.69, 9.17) is 0 Å². The lowest BCUT2D eigenvalue weighted by atomic mass is 10.2. The van der Waals surface area contributed by atoms with Crippen LogP contribution in [-0.4, -0.2) is 14.8 Å². The molecule has 1 unspecified atom stereocenters. The van der Waals surface area contributed by atoms with E-state index in [1.807, 2.05) is 25.6 Å². The Bertz CT molecular complexity index is 527. The van der Waals surface area contributed by atoms with Crippen LogP contribution in [0, 0.1) is 20.8 Å². The smallest absolute Gasteiger partial charge is 0.0898 e. The van der Waals surface area contributed by atoms with Gasteiger partial charge in [-0.25, -0.2) is 4.98 Å². The maximum Gasteiger partial charge on any atom is 0.0898 e. The minimum atomic E-state index is 0.210. The predicted molar refractivity (Wildman–Crippen MR) is 71.6 cm³/mol. The van der Waals surface area contributed by atoms with Crippen molar-refractivity contribution in [1.29, 1.82) is 0 Å². The van der Waals surface area contributed by atoms with E-state index in [2.05, 4.69) is 34.6 Å². The zero-order valence-corrected chi connectivity index (χ0v) is 11.7. The van der Waals surface area contributed by atoms with E-state index in [0.29, 0.717) is 0 Å². The number of hydrogen-bond donors (Lipinski definition) is 1. The van der Waals surface area contributed by atoms with Gasteiger partial charge >= 0.3 is 0 Å². The minimum Gasteiger partial charge on any atom is -0.374 e. The summed E-state index contributed by atoms with van der Waals surface area (Å²) in [6.07, 6.45) is 0. The lowest BCUT2D eigenvalue weighted by Gasteiger charge is -2.13. The highest BCUT2D eigenvalue weighted by Gasteiger charge is 2.14. The fraction of sp³-hybridized carbons (Fsp3) is 0.500. The van der Waals surface area contributed by atoms with Crippen LogP contribution in [0.2, 0.25) is 0 Å². The van der Waals surface area contributed by atoms with Crippen molar-refractivity contribution in [3.63, 3.8) is 0 Å². The first kappa shape index (κ1) is 12.1. The summed E-state index contributed by atoms with van der Waals surface area (Å²) in [7, 11) is 1.96. The van der Waals surface area contributed by atoms with E-state index in [-0.39, 0.29) is 6.04 Å². The van der Waals surface area contributed by atoms with E-state index in [1.165, 1.54) is 0 Å². The fourth-order valence-electron chi connectivity index (χ4n) is 1.85. The molecule has 2 heterocycles. The van der Waals surface area contributed by atoms with Crippen LogP contribution in [0.15, 0.2) is 5.38 Å². The van der Waals surface area contributed by atoms with Crippen LogP contribution in [0.1, 0.15) is 35.1 Å². The Morgan fingerprint density at radius 1 is 1.35 bits per heavy atom. The summed E-state index contributed by atoms with van der Waals surface area (Å²) in [6, 6.07) is 0.210. The van der Waals surface area contributed by atoms with E-state index in [0.717, 1.165) is 27.8 Å². The molecule has 5 heteroatoms. The number of hydrogen-bond acceptors (Lipinski definition) is 4. The number of rotatable bonds is 3. The maximum atomic E-state index is 4.50. The second-order valence-corrected chi connectivity index (χ2v) is 5.39. The SMILES string of the molecule is Cc1nc(C(C)Nc2c(C)nn(C)c2C)cs1. The van der Waals surface area contributed by atoms with Crippen molar-refractivity contribution < 1.29 is 0 Å². The third kappa shape index (κ3) is 2.34. The summed E-state index contributed by atoms with van der Waals surface area (Å²) in [5, 5.41) is 11.1. The molecule has 0 saturated carbocycles. The van der Waals surface area contributed by atoms with E-state index < -0.39 is 0 Å². The van der Waals surface area contributed by atoms with Crippen LogP contribution in [0.3, 0.4) is 0 Å². The fourth-order valence-corrected chi connectivity index (χ4v) is 2.56. The molecule has 2 aromatic heterocycles. The molecule has 0 aliphatic heterocycles. The maximum absolute atomic E-state index is 4.50. The normalized spacial score (nSPS) is 12.8. The van der Waals surface area contributed by atoms with Gasteiger partial charge in [0.05, 0.1) is 33.8 Å². The molecule has 0 aliphatic carbocycles. The standard InChI is InChI=1S/C12H18N4S/c1-7(11-6-17-10(4)14-11)13-12-8(2)15-16(5)9(12)3/h6-7,13H,1-5H3. The number of nitrogens with one attached hydrogen (secondary N) is 1. The van der Waals surface area contributed by atoms with Crippen LogP contribution < -0.4 is 5.32 Å². The lowest BCUT2D eigenvalue weighted by molar-refractivity contribution is 0.731. The Morgan fingerprint density at radius 2 is 2.06 bits per heavy atom. The lowest BCUT2D eigenvalue weighted by Crippen LogP contribution is -2.08. The third-order valence-electron chi connectivity index (χ3n) is 2.95. The number of nitrogens with zero attached hydrogens (tertiary/aromatic N) is 3. The van der Waals surface area contributed by atoms with E-state index >= 15 is 0 Å². The van der Waals surface area contributed by atoms with E-state index in [9.17, 15) is 0 Å². The summed E-state index contributed by atoms with van der Waals surface area (Å²) >= 11 is 1.68. The van der Waals surface area contributed by atoms with Gasteiger partial charge in [-0.15, -0.1) is 11.3 Å². The average molecular weight is 250 g/mol. The number of thiazole rings is 1. The van der Waals surface area contributed by atoms with Gasteiger partial charge in [-0.2, -0.15) is 5.10 Å². The molecule has 0 radical (unpaired) electrons. The van der Waals surface area contributed by atoms with Gasteiger partial charge in [0.15, 0.2) is 0 Å². The van der Waals surface area contributed by atoms with Gasteiger partial charge in [-0.05, 0) is 27.7 Å². The van der Waals surface area contributed by atoms with Crippen LogP contribution in [0.5, 0.6) is 0 Å². The van der Waals surface area contributed by atoms with Crippen molar-refractivity contribution >= 4 is 17.0 Å². The molecular formula is C12H18N4S. The van der Waals surface area contributed by atoms with Crippen LogP contribution >= 0.6 is 11.3 Å². The Balaban J connectivity index is 2.21. The summed E-state index contributed by atoms with van der Waals surface area (Å²) in [5.74, 6) is 0. The Hall–Kier alpha value is -1.36. The second-order valence-electron chi connectivity index (χ2n) is 4.33. The van der Waals surface area contributed by atoms with Crippen LogP contribution in [-0.2, 0) is 7.05 Å².